The third-order valence-electron chi connectivity index (χ3n) is 3.36. The van der Waals surface area contributed by atoms with Crippen molar-refractivity contribution in [2.24, 2.45) is 0 Å². The van der Waals surface area contributed by atoms with E-state index in [0.717, 1.165) is 24.5 Å². The van der Waals surface area contributed by atoms with E-state index in [4.69, 9.17) is 0 Å². The molecule has 130 valence electrons. The third kappa shape index (κ3) is 3.97. The average Bonchev–Trinajstić information content (AvgIpc) is 3.00. The lowest BCUT2D eigenvalue weighted by Crippen LogP contribution is -2.09. The molecule has 2 aromatic carbocycles. The Morgan fingerprint density at radius 1 is 1.08 bits per heavy atom. The number of hydrogen-bond donors (Lipinski definition) is 1. The van der Waals surface area contributed by atoms with Crippen LogP contribution >= 0.6 is 0 Å². The molecular formula is C15H13F2N5O2S. The number of sulfone groups is 1. The first kappa shape index (κ1) is 17.0. The van der Waals surface area contributed by atoms with Crippen molar-refractivity contribution >= 4 is 15.5 Å². The van der Waals surface area contributed by atoms with E-state index >= 15 is 0 Å². The lowest BCUT2D eigenvalue weighted by atomic mass is 10.3. The van der Waals surface area contributed by atoms with Gasteiger partial charge in [-0.2, -0.15) is 4.68 Å². The zero-order chi connectivity index (χ0) is 18.0. The second-order valence-electron chi connectivity index (χ2n) is 5.28. The van der Waals surface area contributed by atoms with Gasteiger partial charge in [0, 0.05) is 18.0 Å². The molecule has 7 nitrogen and oxygen atoms in total. The van der Waals surface area contributed by atoms with Crippen molar-refractivity contribution < 1.29 is 17.2 Å². The summed E-state index contributed by atoms with van der Waals surface area (Å²) in [6.07, 6.45) is 1.12. The van der Waals surface area contributed by atoms with E-state index in [0.29, 0.717) is 11.5 Å². The molecule has 0 aliphatic heterocycles. The molecule has 10 heteroatoms. The topological polar surface area (TPSA) is 89.8 Å². The lowest BCUT2D eigenvalue weighted by Gasteiger charge is -2.08. The predicted octanol–water partition coefficient (Wildman–Crippen LogP) is 1.96. The van der Waals surface area contributed by atoms with Crippen molar-refractivity contribution in [2.45, 2.75) is 11.4 Å². The molecule has 0 amide bonds. The summed E-state index contributed by atoms with van der Waals surface area (Å²) >= 11 is 0. The zero-order valence-electron chi connectivity index (χ0n) is 13.0. The van der Waals surface area contributed by atoms with E-state index in [1.54, 1.807) is 12.1 Å². The van der Waals surface area contributed by atoms with Crippen LogP contribution in [0.25, 0.3) is 5.69 Å². The highest BCUT2D eigenvalue weighted by Gasteiger charge is 2.11. The minimum Gasteiger partial charge on any atom is -0.377 e. The molecule has 1 heterocycles. The number of anilines is 1. The highest BCUT2D eigenvalue weighted by atomic mass is 32.2. The van der Waals surface area contributed by atoms with Crippen LogP contribution in [0.15, 0.2) is 47.4 Å². The standard InChI is InChI=1S/C15H13F2N5O2S/c1-25(23,24)14-4-2-13(3-5-14)22-15(19-20-21-22)9-18-12-7-10(16)6-11(17)8-12/h2-8,18H,9H2,1H3. The van der Waals surface area contributed by atoms with E-state index in [2.05, 4.69) is 20.8 Å². The Morgan fingerprint density at radius 2 is 1.72 bits per heavy atom. The first-order valence-electron chi connectivity index (χ1n) is 7.11. The van der Waals surface area contributed by atoms with E-state index in [-0.39, 0.29) is 17.1 Å². The Hall–Kier alpha value is -2.88. The van der Waals surface area contributed by atoms with Crippen LogP contribution in [0, 0.1) is 11.6 Å². The Labute approximate surface area is 142 Å². The maximum atomic E-state index is 13.2. The van der Waals surface area contributed by atoms with Crippen LogP contribution in [-0.2, 0) is 16.4 Å². The Morgan fingerprint density at radius 3 is 2.32 bits per heavy atom. The summed E-state index contributed by atoms with van der Waals surface area (Å²) in [5.41, 5.74) is 0.805. The second-order valence-corrected chi connectivity index (χ2v) is 7.30. The first-order valence-corrected chi connectivity index (χ1v) is 9.00. The molecule has 0 saturated heterocycles. The van der Waals surface area contributed by atoms with Crippen LogP contribution in [0.3, 0.4) is 0 Å². The number of halogens is 2. The van der Waals surface area contributed by atoms with Gasteiger partial charge in [0.15, 0.2) is 15.7 Å². The predicted molar refractivity (Wildman–Crippen MR) is 85.9 cm³/mol. The number of nitrogens with one attached hydrogen (secondary N) is 1. The van der Waals surface area contributed by atoms with Crippen LogP contribution in [0.4, 0.5) is 14.5 Å². The van der Waals surface area contributed by atoms with Gasteiger partial charge in [-0.05, 0) is 46.8 Å². The number of nitrogens with zero attached hydrogens (tertiary/aromatic N) is 4. The van der Waals surface area contributed by atoms with Gasteiger partial charge in [0.2, 0.25) is 0 Å². The summed E-state index contributed by atoms with van der Waals surface area (Å²) in [6, 6.07) is 9.11. The zero-order valence-corrected chi connectivity index (χ0v) is 13.8. The Balaban J connectivity index is 1.81. The summed E-state index contributed by atoms with van der Waals surface area (Å²) in [7, 11) is -3.30. The fraction of sp³-hybridized carbons (Fsp3) is 0.133. The smallest absolute Gasteiger partial charge is 0.175 e. The molecule has 0 saturated carbocycles. The van der Waals surface area contributed by atoms with Crippen LogP contribution in [0.2, 0.25) is 0 Å². The summed E-state index contributed by atoms with van der Waals surface area (Å²) in [5.74, 6) is -1.01. The van der Waals surface area contributed by atoms with Crippen molar-refractivity contribution in [1.29, 1.82) is 0 Å². The van der Waals surface area contributed by atoms with Gasteiger partial charge < -0.3 is 5.32 Å². The number of aromatic nitrogens is 4. The highest BCUT2D eigenvalue weighted by Crippen LogP contribution is 2.16. The molecule has 1 aromatic heterocycles. The Kier molecular flexibility index (Phi) is 4.45. The second kappa shape index (κ2) is 6.55. The molecule has 3 rings (SSSR count). The van der Waals surface area contributed by atoms with Gasteiger partial charge in [-0.25, -0.2) is 17.2 Å². The average molecular weight is 365 g/mol. The number of tetrazole rings is 1. The maximum absolute atomic E-state index is 13.2. The van der Waals surface area contributed by atoms with Gasteiger partial charge in [0.1, 0.15) is 11.6 Å². The Bertz CT molecular complexity index is 983. The van der Waals surface area contributed by atoms with Crippen LogP contribution < -0.4 is 5.32 Å². The summed E-state index contributed by atoms with van der Waals surface area (Å²) in [6.45, 7) is 0.115. The molecule has 0 radical (unpaired) electrons. The molecule has 1 N–H and O–H groups in total. The molecule has 3 aromatic rings. The van der Waals surface area contributed by atoms with E-state index < -0.39 is 21.5 Å². The van der Waals surface area contributed by atoms with Crippen LogP contribution in [0.5, 0.6) is 0 Å². The van der Waals surface area contributed by atoms with Crippen LogP contribution in [-0.4, -0.2) is 34.9 Å². The third-order valence-corrected chi connectivity index (χ3v) is 4.49. The minimum absolute atomic E-state index is 0.115. The van der Waals surface area contributed by atoms with E-state index in [1.807, 2.05) is 0 Å². The monoisotopic (exact) mass is 365 g/mol. The quantitative estimate of drug-likeness (QED) is 0.743. The molecule has 0 atom stereocenters. The summed E-state index contributed by atoms with van der Waals surface area (Å²) in [5, 5.41) is 14.1. The molecule has 0 unspecified atom stereocenters. The van der Waals surface area contributed by atoms with Crippen molar-refractivity contribution in [3.8, 4) is 5.69 Å². The van der Waals surface area contributed by atoms with Crippen molar-refractivity contribution in [2.75, 3.05) is 11.6 Å². The normalized spacial score (nSPS) is 11.5. The van der Waals surface area contributed by atoms with Crippen LogP contribution in [0.1, 0.15) is 5.82 Å². The largest absolute Gasteiger partial charge is 0.377 e. The van der Waals surface area contributed by atoms with Gasteiger partial charge in [-0.1, -0.05) is 0 Å². The van der Waals surface area contributed by atoms with Gasteiger partial charge >= 0.3 is 0 Å². The van der Waals surface area contributed by atoms with Crippen molar-refractivity contribution in [3.05, 3.63) is 59.9 Å². The lowest BCUT2D eigenvalue weighted by molar-refractivity contribution is 0.584. The fourth-order valence-electron chi connectivity index (χ4n) is 2.19. The summed E-state index contributed by atoms with van der Waals surface area (Å²) in [4.78, 5) is 0.180. The minimum atomic E-state index is -3.30. The fourth-order valence-corrected chi connectivity index (χ4v) is 2.82. The van der Waals surface area contributed by atoms with Gasteiger partial charge in [0.05, 0.1) is 17.1 Å². The van der Waals surface area contributed by atoms with E-state index in [9.17, 15) is 17.2 Å². The number of benzene rings is 2. The van der Waals surface area contributed by atoms with Crippen molar-refractivity contribution in [1.82, 2.24) is 20.2 Å². The van der Waals surface area contributed by atoms with Gasteiger partial charge in [-0.15, -0.1) is 5.10 Å². The molecule has 0 aliphatic rings. The molecule has 0 spiro atoms. The molecule has 0 fully saturated rings. The number of rotatable bonds is 5. The van der Waals surface area contributed by atoms with Crippen molar-refractivity contribution in [3.63, 3.8) is 0 Å². The van der Waals surface area contributed by atoms with E-state index in [1.165, 1.54) is 16.8 Å². The first-order chi connectivity index (χ1) is 11.8. The maximum Gasteiger partial charge on any atom is 0.175 e. The molecule has 0 bridgehead atoms. The summed E-state index contributed by atoms with van der Waals surface area (Å²) < 4.78 is 50.8. The number of hydrogen-bond acceptors (Lipinski definition) is 6. The SMILES string of the molecule is CS(=O)(=O)c1ccc(-n2nnnc2CNc2cc(F)cc(F)c2)cc1. The van der Waals surface area contributed by atoms with Gasteiger partial charge in [0.25, 0.3) is 0 Å². The van der Waals surface area contributed by atoms with Gasteiger partial charge in [-0.3, -0.25) is 0 Å². The molecule has 25 heavy (non-hydrogen) atoms. The molecule has 0 aliphatic carbocycles. The molecular weight excluding hydrogens is 352 g/mol. The highest BCUT2D eigenvalue weighted by molar-refractivity contribution is 7.90.